The van der Waals surface area contributed by atoms with Crippen LogP contribution in [-0.2, 0) is 4.79 Å². The second kappa shape index (κ2) is 9.88. The number of allylic oxidation sites excluding steroid dienone is 3. The van der Waals surface area contributed by atoms with Gasteiger partial charge in [-0.2, -0.15) is 5.10 Å². The second-order valence-corrected chi connectivity index (χ2v) is 5.59. The highest BCUT2D eigenvalue weighted by Crippen LogP contribution is 2.12. The number of amides is 1. The summed E-state index contributed by atoms with van der Waals surface area (Å²) < 4.78 is 0. The molecule has 2 aromatic rings. The van der Waals surface area contributed by atoms with Gasteiger partial charge >= 0.3 is 0 Å². The van der Waals surface area contributed by atoms with Crippen LogP contribution in [0.3, 0.4) is 0 Å². The molecular weight excluding hydrogens is 310 g/mol. The summed E-state index contributed by atoms with van der Waals surface area (Å²) in [6, 6.07) is 17.9. The summed E-state index contributed by atoms with van der Waals surface area (Å²) in [5.74, 6) is -0.184. The molecule has 2 rings (SSSR count). The molecule has 2 aromatic carbocycles. The quantitative estimate of drug-likeness (QED) is 0.454. The number of hydrazone groups is 1. The zero-order valence-corrected chi connectivity index (χ0v) is 14.6. The van der Waals surface area contributed by atoms with Gasteiger partial charge in [0.1, 0.15) is 0 Å². The van der Waals surface area contributed by atoms with Crippen LogP contribution in [0.25, 0.3) is 6.08 Å². The Labute approximate surface area is 149 Å². The molecule has 0 unspecified atom stereocenters. The van der Waals surface area contributed by atoms with E-state index in [1.165, 1.54) is 0 Å². The molecule has 0 aromatic heterocycles. The van der Waals surface area contributed by atoms with Gasteiger partial charge in [0, 0.05) is 5.69 Å². The molecule has 25 heavy (non-hydrogen) atoms. The van der Waals surface area contributed by atoms with Gasteiger partial charge in [-0.15, -0.1) is 0 Å². The number of aryl methyl sites for hydroxylation is 1. The van der Waals surface area contributed by atoms with Crippen LogP contribution >= 0.6 is 0 Å². The molecule has 0 saturated heterocycles. The molecule has 0 radical (unpaired) electrons. The molecule has 0 bridgehead atoms. The van der Waals surface area contributed by atoms with E-state index in [2.05, 4.69) is 15.8 Å². The number of hydrogen-bond donors (Lipinski definition) is 2. The Hall–Kier alpha value is -3.14. The summed E-state index contributed by atoms with van der Waals surface area (Å²) in [4.78, 5) is 11.8. The number of para-hydroxylation sites is 1. The fraction of sp³-hybridized carbons (Fsp3) is 0.143. The first-order valence-electron chi connectivity index (χ1n) is 8.17. The van der Waals surface area contributed by atoms with E-state index in [4.69, 9.17) is 0 Å². The average Bonchev–Trinajstić information content (AvgIpc) is 2.64. The monoisotopic (exact) mass is 333 g/mol. The lowest BCUT2D eigenvalue weighted by Crippen LogP contribution is -2.26. The van der Waals surface area contributed by atoms with Crippen molar-refractivity contribution >= 4 is 23.4 Å². The third-order valence-electron chi connectivity index (χ3n) is 3.48. The molecule has 1 amide bonds. The molecule has 0 aliphatic carbocycles. The van der Waals surface area contributed by atoms with Crippen molar-refractivity contribution in [3.05, 3.63) is 84.0 Å². The predicted octanol–water partition coefficient (Wildman–Crippen LogP) is 4.17. The minimum atomic E-state index is -0.184. The van der Waals surface area contributed by atoms with Crippen molar-refractivity contribution in [3.8, 4) is 0 Å². The Balaban J connectivity index is 1.76. The first kappa shape index (κ1) is 18.2. The SMILES string of the molecule is CC(/C=C/C=C/c1ccccc1)=NNC(=O)CNc1ccccc1C. The van der Waals surface area contributed by atoms with Gasteiger partial charge in [-0.25, -0.2) is 5.43 Å². The number of rotatable bonds is 7. The number of nitrogens with zero attached hydrogens (tertiary/aromatic N) is 1. The number of hydrogen-bond acceptors (Lipinski definition) is 3. The Morgan fingerprint density at radius 2 is 1.76 bits per heavy atom. The zero-order chi connectivity index (χ0) is 17.9. The van der Waals surface area contributed by atoms with Crippen LogP contribution in [-0.4, -0.2) is 18.2 Å². The number of carbonyl (C=O) groups excluding carboxylic acids is 1. The molecule has 0 heterocycles. The molecule has 0 fully saturated rings. The van der Waals surface area contributed by atoms with E-state index in [0.717, 1.165) is 22.5 Å². The Morgan fingerprint density at radius 1 is 1.04 bits per heavy atom. The largest absolute Gasteiger partial charge is 0.376 e. The van der Waals surface area contributed by atoms with E-state index < -0.39 is 0 Å². The molecule has 0 atom stereocenters. The maximum absolute atomic E-state index is 11.8. The summed E-state index contributed by atoms with van der Waals surface area (Å²) in [5, 5.41) is 7.16. The van der Waals surface area contributed by atoms with Gasteiger partial charge in [0.15, 0.2) is 0 Å². The maximum Gasteiger partial charge on any atom is 0.259 e. The lowest BCUT2D eigenvalue weighted by Gasteiger charge is -2.08. The van der Waals surface area contributed by atoms with Gasteiger partial charge in [0.05, 0.1) is 12.3 Å². The summed E-state index contributed by atoms with van der Waals surface area (Å²) in [6.07, 6.45) is 7.68. The summed E-state index contributed by atoms with van der Waals surface area (Å²) in [5.41, 5.74) is 6.45. The highest BCUT2D eigenvalue weighted by Gasteiger charge is 2.01. The molecular formula is C21H23N3O. The standard InChI is InChI=1S/C21H23N3O/c1-17-10-6-9-15-20(17)22-16-21(25)24-23-18(2)11-7-8-14-19-12-4-3-5-13-19/h3-15,22H,16H2,1-2H3,(H,24,25)/b11-7+,14-8+,23-18?. The molecule has 0 saturated carbocycles. The highest BCUT2D eigenvalue weighted by atomic mass is 16.2. The van der Waals surface area contributed by atoms with Crippen LogP contribution < -0.4 is 10.7 Å². The van der Waals surface area contributed by atoms with Crippen LogP contribution in [0.1, 0.15) is 18.1 Å². The lowest BCUT2D eigenvalue weighted by molar-refractivity contribution is -0.119. The van der Waals surface area contributed by atoms with Crippen molar-refractivity contribution in [2.24, 2.45) is 5.10 Å². The summed E-state index contributed by atoms with van der Waals surface area (Å²) >= 11 is 0. The number of anilines is 1. The average molecular weight is 333 g/mol. The van der Waals surface area contributed by atoms with Gasteiger partial charge < -0.3 is 5.32 Å². The molecule has 128 valence electrons. The first-order valence-corrected chi connectivity index (χ1v) is 8.17. The second-order valence-electron chi connectivity index (χ2n) is 5.59. The van der Waals surface area contributed by atoms with E-state index in [9.17, 15) is 4.79 Å². The van der Waals surface area contributed by atoms with Crippen LogP contribution in [0.4, 0.5) is 5.69 Å². The van der Waals surface area contributed by atoms with E-state index in [1.54, 1.807) is 0 Å². The van der Waals surface area contributed by atoms with E-state index >= 15 is 0 Å². The minimum absolute atomic E-state index is 0.180. The molecule has 0 spiro atoms. The third kappa shape index (κ3) is 6.87. The van der Waals surface area contributed by atoms with Crippen molar-refractivity contribution in [3.63, 3.8) is 0 Å². The Kier molecular flexibility index (Phi) is 7.19. The lowest BCUT2D eigenvalue weighted by atomic mass is 10.2. The molecule has 4 nitrogen and oxygen atoms in total. The number of nitrogens with one attached hydrogen (secondary N) is 2. The van der Waals surface area contributed by atoms with Crippen LogP contribution in [0.15, 0.2) is 77.9 Å². The van der Waals surface area contributed by atoms with E-state index in [1.807, 2.05) is 92.7 Å². The van der Waals surface area contributed by atoms with Crippen LogP contribution in [0.2, 0.25) is 0 Å². The van der Waals surface area contributed by atoms with Gasteiger partial charge in [-0.3, -0.25) is 4.79 Å². The van der Waals surface area contributed by atoms with Crippen molar-refractivity contribution in [2.75, 3.05) is 11.9 Å². The third-order valence-corrected chi connectivity index (χ3v) is 3.48. The smallest absolute Gasteiger partial charge is 0.259 e. The van der Waals surface area contributed by atoms with Gasteiger partial charge in [0.2, 0.25) is 0 Å². The minimum Gasteiger partial charge on any atom is -0.376 e. The van der Waals surface area contributed by atoms with Gasteiger partial charge in [-0.1, -0.05) is 66.8 Å². The van der Waals surface area contributed by atoms with Gasteiger partial charge in [-0.05, 0) is 37.1 Å². The fourth-order valence-corrected chi connectivity index (χ4v) is 2.10. The Bertz CT molecular complexity index is 777. The van der Waals surface area contributed by atoms with Crippen molar-refractivity contribution in [2.45, 2.75) is 13.8 Å². The zero-order valence-electron chi connectivity index (χ0n) is 14.6. The fourth-order valence-electron chi connectivity index (χ4n) is 2.10. The van der Waals surface area contributed by atoms with E-state index in [0.29, 0.717) is 0 Å². The number of benzene rings is 2. The summed E-state index contributed by atoms with van der Waals surface area (Å²) in [6.45, 7) is 4.01. The number of carbonyl (C=O) groups is 1. The molecule has 4 heteroatoms. The topological polar surface area (TPSA) is 53.5 Å². The van der Waals surface area contributed by atoms with Crippen LogP contribution in [0.5, 0.6) is 0 Å². The normalized spacial score (nSPS) is 11.8. The molecule has 0 aliphatic heterocycles. The van der Waals surface area contributed by atoms with Gasteiger partial charge in [0.25, 0.3) is 5.91 Å². The van der Waals surface area contributed by atoms with Crippen molar-refractivity contribution in [1.29, 1.82) is 0 Å². The predicted molar refractivity (Wildman–Crippen MR) is 106 cm³/mol. The van der Waals surface area contributed by atoms with Crippen molar-refractivity contribution < 1.29 is 4.79 Å². The Morgan fingerprint density at radius 3 is 2.52 bits per heavy atom. The van der Waals surface area contributed by atoms with Crippen LogP contribution in [0, 0.1) is 6.92 Å². The molecule has 2 N–H and O–H groups in total. The summed E-state index contributed by atoms with van der Waals surface area (Å²) in [7, 11) is 0. The maximum atomic E-state index is 11.8. The highest BCUT2D eigenvalue weighted by molar-refractivity contribution is 5.94. The first-order chi connectivity index (χ1) is 12.1. The molecule has 0 aliphatic rings. The van der Waals surface area contributed by atoms with E-state index in [-0.39, 0.29) is 12.5 Å². The van der Waals surface area contributed by atoms with Crippen molar-refractivity contribution in [1.82, 2.24) is 5.43 Å².